The molecule has 0 aliphatic carbocycles. The Labute approximate surface area is 258 Å². The van der Waals surface area contributed by atoms with Crippen LogP contribution >= 0.6 is 0 Å². The van der Waals surface area contributed by atoms with E-state index in [-0.39, 0.29) is 11.5 Å². The number of carbonyl (C=O) groups is 1. The summed E-state index contributed by atoms with van der Waals surface area (Å²) >= 11 is 0. The van der Waals surface area contributed by atoms with Gasteiger partial charge in [0.2, 0.25) is 0 Å². The lowest BCUT2D eigenvalue weighted by Crippen LogP contribution is -2.38. The number of amides is 1. The van der Waals surface area contributed by atoms with Crippen molar-refractivity contribution in [3.8, 4) is 11.1 Å². The van der Waals surface area contributed by atoms with Gasteiger partial charge in [-0.25, -0.2) is 4.98 Å². The second-order valence-corrected chi connectivity index (χ2v) is 11.8. The zero-order valence-electron chi connectivity index (χ0n) is 25.1. The van der Waals surface area contributed by atoms with Crippen LogP contribution in [0.1, 0.15) is 64.0 Å². The summed E-state index contributed by atoms with van der Waals surface area (Å²) in [7, 11) is 1.47. The number of carbonyl (C=O) groups excluding carboxylic acids is 1. The van der Waals surface area contributed by atoms with Crippen LogP contribution in [0.4, 0.5) is 18.9 Å². The van der Waals surface area contributed by atoms with Crippen LogP contribution in [0.3, 0.4) is 0 Å². The van der Waals surface area contributed by atoms with Gasteiger partial charge in [-0.15, -0.1) is 0 Å². The maximum atomic E-state index is 14.5. The SMILES string of the molecule is CCc1cc(C2CCOCC2)c2nccc(N3CCc4c(cc(Cn5ccnc5)cc4-c4cn(C)nc4C(F)(F)F)C3=O)c2c1. The molecule has 1 fully saturated rings. The van der Waals surface area contributed by atoms with Crippen LogP contribution in [0.15, 0.2) is 61.4 Å². The molecule has 2 aromatic carbocycles. The number of nitrogens with zero attached hydrogens (tertiary/aromatic N) is 6. The van der Waals surface area contributed by atoms with Crippen molar-refractivity contribution in [1.82, 2.24) is 24.3 Å². The average Bonchev–Trinajstić information content (AvgIpc) is 3.70. The Morgan fingerprint density at radius 2 is 1.82 bits per heavy atom. The van der Waals surface area contributed by atoms with Crippen molar-refractivity contribution in [2.24, 2.45) is 7.05 Å². The number of fused-ring (bicyclic) bond motifs is 2. The van der Waals surface area contributed by atoms with E-state index in [9.17, 15) is 18.0 Å². The molecule has 8 nitrogen and oxygen atoms in total. The van der Waals surface area contributed by atoms with Crippen molar-refractivity contribution in [2.45, 2.75) is 51.2 Å². The van der Waals surface area contributed by atoms with Gasteiger partial charge in [-0.05, 0) is 83.7 Å². The van der Waals surface area contributed by atoms with E-state index >= 15 is 0 Å². The molecule has 5 heterocycles. The van der Waals surface area contributed by atoms with Crippen molar-refractivity contribution in [1.29, 1.82) is 0 Å². The number of ether oxygens (including phenoxy) is 1. The minimum atomic E-state index is -4.65. The Balaban J connectivity index is 1.37. The van der Waals surface area contributed by atoms with Gasteiger partial charge in [-0.3, -0.25) is 14.5 Å². The highest BCUT2D eigenvalue weighted by molar-refractivity contribution is 6.13. The molecule has 0 N–H and O–H groups in total. The summed E-state index contributed by atoms with van der Waals surface area (Å²) in [4.78, 5) is 25.1. The molecule has 5 aromatic rings. The average molecular weight is 615 g/mol. The Bertz CT molecular complexity index is 1890. The highest BCUT2D eigenvalue weighted by Gasteiger charge is 2.39. The molecule has 2 aliphatic heterocycles. The molecule has 0 bridgehead atoms. The zero-order valence-corrected chi connectivity index (χ0v) is 25.1. The molecule has 3 aromatic heterocycles. The molecule has 7 rings (SSSR count). The van der Waals surface area contributed by atoms with Gasteiger partial charge in [-0.1, -0.05) is 13.0 Å². The lowest BCUT2D eigenvalue weighted by molar-refractivity contribution is -0.140. The van der Waals surface area contributed by atoms with Gasteiger partial charge in [0.1, 0.15) is 0 Å². The molecule has 0 atom stereocenters. The molecule has 232 valence electrons. The van der Waals surface area contributed by atoms with E-state index in [1.807, 2.05) is 16.7 Å². The van der Waals surface area contributed by atoms with Gasteiger partial charge in [0.05, 0.1) is 17.5 Å². The molecule has 11 heteroatoms. The van der Waals surface area contributed by atoms with Crippen LogP contribution in [0.2, 0.25) is 0 Å². The van der Waals surface area contributed by atoms with Crippen molar-refractivity contribution in [3.05, 3.63) is 95.0 Å². The lowest BCUT2D eigenvalue weighted by atomic mass is 9.86. The number of pyridine rings is 1. The first-order valence-corrected chi connectivity index (χ1v) is 15.2. The van der Waals surface area contributed by atoms with Crippen molar-refractivity contribution in [3.63, 3.8) is 0 Å². The maximum absolute atomic E-state index is 14.5. The number of imidazole rings is 1. The van der Waals surface area contributed by atoms with Crippen LogP contribution in [-0.2, 0) is 37.3 Å². The summed E-state index contributed by atoms with van der Waals surface area (Å²) in [5.41, 5.74) is 5.08. The van der Waals surface area contributed by atoms with Crippen LogP contribution < -0.4 is 4.90 Å². The molecular weight excluding hydrogens is 581 g/mol. The van der Waals surface area contributed by atoms with Crippen LogP contribution in [0, 0.1) is 0 Å². The molecule has 1 saturated heterocycles. The number of benzene rings is 2. The largest absolute Gasteiger partial charge is 0.435 e. The van der Waals surface area contributed by atoms with E-state index in [1.54, 1.807) is 35.9 Å². The lowest BCUT2D eigenvalue weighted by Gasteiger charge is -2.32. The number of rotatable bonds is 6. The molecule has 45 heavy (non-hydrogen) atoms. The third kappa shape index (κ3) is 5.39. The Morgan fingerprint density at radius 3 is 2.56 bits per heavy atom. The number of hydrogen-bond donors (Lipinski definition) is 0. The second-order valence-electron chi connectivity index (χ2n) is 11.8. The van der Waals surface area contributed by atoms with Crippen molar-refractivity contribution < 1.29 is 22.7 Å². The van der Waals surface area contributed by atoms with Gasteiger partial charge in [-0.2, -0.15) is 18.3 Å². The maximum Gasteiger partial charge on any atom is 0.435 e. The molecule has 0 spiro atoms. The minimum absolute atomic E-state index is 0.0296. The predicted octanol–water partition coefficient (Wildman–Crippen LogP) is 6.56. The second kappa shape index (κ2) is 11.4. The van der Waals surface area contributed by atoms with Gasteiger partial charge >= 0.3 is 6.18 Å². The van der Waals surface area contributed by atoms with Crippen molar-refractivity contribution in [2.75, 3.05) is 24.7 Å². The Kier molecular flexibility index (Phi) is 7.43. The van der Waals surface area contributed by atoms with Gasteiger partial charge in [0.15, 0.2) is 5.69 Å². The van der Waals surface area contributed by atoms with Crippen molar-refractivity contribution >= 4 is 22.5 Å². The van der Waals surface area contributed by atoms with Crippen LogP contribution in [-0.4, -0.2) is 50.0 Å². The van der Waals surface area contributed by atoms with E-state index in [0.717, 1.165) is 35.9 Å². The first-order chi connectivity index (χ1) is 21.7. The Hall–Kier alpha value is -4.51. The number of aryl methyl sites for hydroxylation is 2. The van der Waals surface area contributed by atoms with E-state index in [1.165, 1.54) is 29.1 Å². The number of alkyl halides is 3. The van der Waals surface area contributed by atoms with Crippen LogP contribution in [0.5, 0.6) is 0 Å². The monoisotopic (exact) mass is 614 g/mol. The minimum Gasteiger partial charge on any atom is -0.381 e. The van der Waals surface area contributed by atoms with Gasteiger partial charge in [0.25, 0.3) is 5.91 Å². The van der Waals surface area contributed by atoms with Gasteiger partial charge in [0, 0.05) is 74.7 Å². The molecule has 2 aliphatic rings. The fourth-order valence-electron chi connectivity index (χ4n) is 6.80. The predicted molar refractivity (Wildman–Crippen MR) is 164 cm³/mol. The fraction of sp³-hybridized carbons (Fsp3) is 0.353. The van der Waals surface area contributed by atoms with E-state index in [4.69, 9.17) is 9.72 Å². The highest BCUT2D eigenvalue weighted by atomic mass is 19.4. The quantitative estimate of drug-likeness (QED) is 0.217. The van der Waals surface area contributed by atoms with E-state index in [0.29, 0.717) is 60.9 Å². The number of anilines is 1. The molecular formula is C34H33F3N6O2. The highest BCUT2D eigenvalue weighted by Crippen LogP contribution is 2.42. The summed E-state index contributed by atoms with van der Waals surface area (Å²) in [6.45, 7) is 4.20. The first kappa shape index (κ1) is 29.2. The number of hydrogen-bond acceptors (Lipinski definition) is 5. The summed E-state index contributed by atoms with van der Waals surface area (Å²) in [5.74, 6) is 0.0772. The standard InChI is InChI=1S/C34H33F3N6O2/c1-3-21-14-25(23-6-12-45-13-7-23)31-28(15-21)30(4-8-39-31)43-10-5-24-26(29-19-41(2)40-32(29)34(35,36)37)16-22(17-27(24)33(43)44)18-42-11-9-38-20-42/h4,8-9,11,14-17,19-20,23H,3,5-7,10,12-13,18H2,1-2H3. The van der Waals surface area contributed by atoms with E-state index < -0.39 is 11.9 Å². The first-order valence-electron chi connectivity index (χ1n) is 15.2. The summed E-state index contributed by atoms with van der Waals surface area (Å²) in [6.07, 6.45) is 6.61. The zero-order chi connectivity index (χ0) is 31.3. The van der Waals surface area contributed by atoms with Crippen LogP contribution in [0.25, 0.3) is 22.0 Å². The van der Waals surface area contributed by atoms with Gasteiger partial charge < -0.3 is 14.2 Å². The third-order valence-corrected chi connectivity index (χ3v) is 8.95. The summed E-state index contributed by atoms with van der Waals surface area (Å²) in [5, 5.41) is 4.67. The molecule has 0 radical (unpaired) electrons. The summed E-state index contributed by atoms with van der Waals surface area (Å²) < 4.78 is 51.1. The smallest absolute Gasteiger partial charge is 0.381 e. The molecule has 0 unspecified atom stereocenters. The number of aromatic nitrogens is 5. The molecule has 1 amide bonds. The van der Waals surface area contributed by atoms with E-state index in [2.05, 4.69) is 29.1 Å². The Morgan fingerprint density at radius 1 is 1.02 bits per heavy atom. The normalized spacial score (nSPS) is 16.0. The molecule has 0 saturated carbocycles. The third-order valence-electron chi connectivity index (χ3n) is 8.95. The number of halogens is 3. The topological polar surface area (TPSA) is 78.1 Å². The summed E-state index contributed by atoms with van der Waals surface area (Å²) in [6, 6.07) is 9.80. The fourth-order valence-corrected chi connectivity index (χ4v) is 6.80.